The molecule has 1 heterocycles. The van der Waals surface area contributed by atoms with Gasteiger partial charge in [-0.1, -0.05) is 32.4 Å². The number of esters is 1. The Kier molecular flexibility index (Phi) is 8.79. The summed E-state index contributed by atoms with van der Waals surface area (Å²) in [6.07, 6.45) is 0.582. The third-order valence-electron chi connectivity index (χ3n) is 6.07. The van der Waals surface area contributed by atoms with Gasteiger partial charge < -0.3 is 14.4 Å². The smallest absolute Gasteiger partial charge is 0.330 e. The van der Waals surface area contributed by atoms with Gasteiger partial charge in [0, 0.05) is 12.2 Å². The first-order valence-electron chi connectivity index (χ1n) is 11.9. The van der Waals surface area contributed by atoms with Crippen LogP contribution >= 0.6 is 0 Å². The van der Waals surface area contributed by atoms with Gasteiger partial charge in [0.25, 0.3) is 17.7 Å². The largest absolute Gasteiger partial charge is 0.494 e. The molecule has 0 bridgehead atoms. The van der Waals surface area contributed by atoms with Crippen molar-refractivity contribution in [2.24, 2.45) is 5.92 Å². The SMILES string of the molecule is CCOc1ccc(N(CCC#N)C(=O)COC(=O)[C@H]([C@@H](C)CC)N2C(=O)c3ccccc3C2=O)cc1. The standard InChI is InChI=1S/C27H29N3O6/c1-4-18(3)24(30-25(32)21-9-6-7-10-22(21)26(30)33)27(34)36-17-23(31)29(16-8-15-28)19-11-13-20(14-12-19)35-5-2/h6-7,9-14,18,24H,4-5,8,16-17H2,1-3H3/t18-,24-/m0/s1. The number of nitriles is 1. The highest BCUT2D eigenvalue weighted by molar-refractivity contribution is 6.22. The molecule has 0 aromatic heterocycles. The van der Waals surface area contributed by atoms with E-state index in [9.17, 15) is 19.2 Å². The molecule has 0 spiro atoms. The number of benzene rings is 2. The average Bonchev–Trinajstić information content (AvgIpc) is 3.14. The lowest BCUT2D eigenvalue weighted by atomic mass is 9.97. The molecule has 0 fully saturated rings. The second-order valence-corrected chi connectivity index (χ2v) is 8.34. The molecule has 1 aliphatic rings. The number of carbonyl (C=O) groups is 4. The van der Waals surface area contributed by atoms with Crippen LogP contribution in [0.4, 0.5) is 5.69 Å². The topological polar surface area (TPSA) is 117 Å². The number of hydrogen-bond donors (Lipinski definition) is 0. The lowest BCUT2D eigenvalue weighted by Crippen LogP contribution is -2.50. The predicted octanol–water partition coefficient (Wildman–Crippen LogP) is 3.59. The van der Waals surface area contributed by atoms with Gasteiger partial charge in [0.2, 0.25) is 0 Å². The monoisotopic (exact) mass is 491 g/mol. The van der Waals surface area contributed by atoms with Gasteiger partial charge in [-0.3, -0.25) is 19.3 Å². The van der Waals surface area contributed by atoms with E-state index in [-0.39, 0.29) is 24.1 Å². The third-order valence-corrected chi connectivity index (χ3v) is 6.07. The highest BCUT2D eigenvalue weighted by Gasteiger charge is 2.45. The minimum absolute atomic E-state index is 0.0808. The molecule has 0 radical (unpaired) electrons. The number of carbonyl (C=O) groups excluding carboxylic acids is 4. The lowest BCUT2D eigenvalue weighted by Gasteiger charge is -2.29. The van der Waals surface area contributed by atoms with Crippen LogP contribution in [-0.2, 0) is 14.3 Å². The number of anilines is 1. The Balaban J connectivity index is 1.76. The fourth-order valence-corrected chi connectivity index (χ4v) is 4.02. The van der Waals surface area contributed by atoms with Crippen molar-refractivity contribution in [3.8, 4) is 11.8 Å². The number of nitrogens with zero attached hydrogens (tertiary/aromatic N) is 3. The summed E-state index contributed by atoms with van der Waals surface area (Å²) >= 11 is 0. The van der Waals surface area contributed by atoms with Crippen molar-refractivity contribution in [2.45, 2.75) is 39.7 Å². The van der Waals surface area contributed by atoms with E-state index < -0.39 is 42.3 Å². The van der Waals surface area contributed by atoms with E-state index in [1.54, 1.807) is 55.5 Å². The molecular formula is C27H29N3O6. The molecule has 2 aromatic carbocycles. The Morgan fingerprint density at radius 2 is 1.64 bits per heavy atom. The van der Waals surface area contributed by atoms with Crippen molar-refractivity contribution in [2.75, 3.05) is 24.7 Å². The summed E-state index contributed by atoms with van der Waals surface area (Å²) in [6.45, 7) is 5.44. The van der Waals surface area contributed by atoms with Crippen molar-refractivity contribution < 1.29 is 28.7 Å². The quantitative estimate of drug-likeness (QED) is 0.348. The summed E-state index contributed by atoms with van der Waals surface area (Å²) in [5, 5.41) is 9.02. The van der Waals surface area contributed by atoms with Gasteiger partial charge in [0.05, 0.1) is 30.2 Å². The Morgan fingerprint density at radius 3 is 2.17 bits per heavy atom. The molecule has 0 unspecified atom stereocenters. The number of amides is 3. The van der Waals surface area contributed by atoms with Crippen LogP contribution in [0.1, 0.15) is 54.3 Å². The molecule has 36 heavy (non-hydrogen) atoms. The molecule has 9 nitrogen and oxygen atoms in total. The van der Waals surface area contributed by atoms with Crippen LogP contribution in [0.5, 0.6) is 5.75 Å². The third kappa shape index (κ3) is 5.54. The summed E-state index contributed by atoms with van der Waals surface area (Å²) < 4.78 is 10.8. The normalized spacial score (nSPS) is 14.0. The van der Waals surface area contributed by atoms with E-state index in [0.29, 0.717) is 24.5 Å². The zero-order valence-corrected chi connectivity index (χ0v) is 20.6. The van der Waals surface area contributed by atoms with E-state index >= 15 is 0 Å². The van der Waals surface area contributed by atoms with Crippen LogP contribution in [-0.4, -0.2) is 54.4 Å². The van der Waals surface area contributed by atoms with Crippen molar-refractivity contribution >= 4 is 29.4 Å². The molecule has 188 valence electrons. The lowest BCUT2D eigenvalue weighted by molar-refractivity contribution is -0.153. The van der Waals surface area contributed by atoms with Gasteiger partial charge in [-0.2, -0.15) is 5.26 Å². The van der Waals surface area contributed by atoms with Crippen LogP contribution in [0, 0.1) is 17.2 Å². The Hall–Kier alpha value is -4.19. The van der Waals surface area contributed by atoms with E-state index in [1.165, 1.54) is 4.90 Å². The van der Waals surface area contributed by atoms with Gasteiger partial charge in [-0.25, -0.2) is 4.79 Å². The van der Waals surface area contributed by atoms with Gasteiger partial charge in [0.1, 0.15) is 11.8 Å². The van der Waals surface area contributed by atoms with E-state index in [2.05, 4.69) is 0 Å². The average molecular weight is 492 g/mol. The second-order valence-electron chi connectivity index (χ2n) is 8.34. The Bertz CT molecular complexity index is 1140. The number of hydrogen-bond acceptors (Lipinski definition) is 7. The van der Waals surface area contributed by atoms with Crippen molar-refractivity contribution in [1.82, 2.24) is 4.90 Å². The summed E-state index contributed by atoms with van der Waals surface area (Å²) in [5.41, 5.74) is 0.990. The summed E-state index contributed by atoms with van der Waals surface area (Å²) in [4.78, 5) is 54.4. The van der Waals surface area contributed by atoms with E-state index in [4.69, 9.17) is 14.7 Å². The molecule has 2 atom stereocenters. The van der Waals surface area contributed by atoms with Crippen molar-refractivity contribution in [1.29, 1.82) is 5.26 Å². The number of fused-ring (bicyclic) bond motifs is 1. The summed E-state index contributed by atoms with van der Waals surface area (Å²) in [7, 11) is 0. The van der Waals surface area contributed by atoms with Gasteiger partial charge in [-0.15, -0.1) is 0 Å². The molecule has 3 rings (SSSR count). The van der Waals surface area contributed by atoms with Crippen LogP contribution in [0.25, 0.3) is 0 Å². The first-order valence-corrected chi connectivity index (χ1v) is 11.9. The van der Waals surface area contributed by atoms with Crippen LogP contribution in [0.3, 0.4) is 0 Å². The number of rotatable bonds is 11. The van der Waals surface area contributed by atoms with Crippen molar-refractivity contribution in [3.63, 3.8) is 0 Å². The number of imide groups is 1. The van der Waals surface area contributed by atoms with Gasteiger partial charge >= 0.3 is 5.97 Å². The zero-order valence-electron chi connectivity index (χ0n) is 20.6. The molecule has 0 N–H and O–H groups in total. The highest BCUT2D eigenvalue weighted by Crippen LogP contribution is 2.29. The summed E-state index contributed by atoms with van der Waals surface area (Å²) in [5.74, 6) is -2.25. The highest BCUT2D eigenvalue weighted by atomic mass is 16.5. The predicted molar refractivity (Wildman–Crippen MR) is 131 cm³/mol. The minimum atomic E-state index is -1.17. The molecule has 3 amide bonds. The maximum absolute atomic E-state index is 13.2. The minimum Gasteiger partial charge on any atom is -0.494 e. The fraction of sp³-hybridized carbons (Fsp3) is 0.370. The van der Waals surface area contributed by atoms with E-state index in [0.717, 1.165) is 4.90 Å². The molecule has 0 saturated carbocycles. The van der Waals surface area contributed by atoms with Crippen LogP contribution < -0.4 is 9.64 Å². The molecule has 0 aliphatic carbocycles. The van der Waals surface area contributed by atoms with E-state index in [1.807, 2.05) is 19.9 Å². The maximum Gasteiger partial charge on any atom is 0.330 e. The second kappa shape index (κ2) is 12.0. The van der Waals surface area contributed by atoms with Crippen molar-refractivity contribution in [3.05, 3.63) is 59.7 Å². The molecule has 0 saturated heterocycles. The molecule has 1 aliphatic heterocycles. The van der Waals surface area contributed by atoms with Gasteiger partial charge in [0.15, 0.2) is 6.61 Å². The molecular weight excluding hydrogens is 462 g/mol. The Morgan fingerprint density at radius 1 is 1.03 bits per heavy atom. The number of ether oxygens (including phenoxy) is 2. The summed E-state index contributed by atoms with van der Waals surface area (Å²) in [6, 6.07) is 14.0. The Labute approximate surface area is 210 Å². The maximum atomic E-state index is 13.2. The first-order chi connectivity index (χ1) is 17.3. The fourth-order valence-electron chi connectivity index (χ4n) is 4.02. The zero-order chi connectivity index (χ0) is 26.2. The molecule has 9 heteroatoms. The first kappa shape index (κ1) is 26.4. The van der Waals surface area contributed by atoms with Crippen LogP contribution in [0.15, 0.2) is 48.5 Å². The molecule has 2 aromatic rings. The van der Waals surface area contributed by atoms with Gasteiger partial charge in [-0.05, 0) is 49.2 Å². The van der Waals surface area contributed by atoms with Crippen LogP contribution in [0.2, 0.25) is 0 Å².